The number of rotatable bonds is 4. The summed E-state index contributed by atoms with van der Waals surface area (Å²) in [6.45, 7) is 2.54. The average molecular weight is 218 g/mol. The zero-order valence-corrected chi connectivity index (χ0v) is 8.94. The van der Waals surface area contributed by atoms with E-state index in [9.17, 15) is 4.39 Å². The molecule has 1 aromatic carbocycles. The summed E-state index contributed by atoms with van der Waals surface area (Å²) in [6, 6.07) is 4.41. The van der Waals surface area contributed by atoms with Gasteiger partial charge in [-0.3, -0.25) is 0 Å². The van der Waals surface area contributed by atoms with Crippen LogP contribution in [0.4, 0.5) is 10.1 Å². The van der Waals surface area contributed by atoms with Crippen LogP contribution >= 0.6 is 11.6 Å². The highest BCUT2D eigenvalue weighted by Gasteiger charge is 2.05. The zero-order chi connectivity index (χ0) is 10.6. The third kappa shape index (κ3) is 3.16. The summed E-state index contributed by atoms with van der Waals surface area (Å²) >= 11 is 5.83. The van der Waals surface area contributed by atoms with Crippen molar-refractivity contribution in [2.24, 2.45) is 0 Å². The first-order valence-electron chi connectivity index (χ1n) is 4.34. The summed E-state index contributed by atoms with van der Waals surface area (Å²) in [5, 5.41) is 3.50. The van der Waals surface area contributed by atoms with E-state index in [1.807, 2.05) is 6.92 Å². The maximum absolute atomic E-state index is 12.7. The monoisotopic (exact) mass is 217 g/mol. The van der Waals surface area contributed by atoms with Crippen molar-refractivity contribution in [2.45, 2.75) is 13.0 Å². The number of hydrogen-bond donors (Lipinski definition) is 1. The molecule has 1 atom stereocenters. The molecule has 1 aromatic rings. The van der Waals surface area contributed by atoms with Gasteiger partial charge >= 0.3 is 0 Å². The average Bonchev–Trinajstić information content (AvgIpc) is 2.10. The Morgan fingerprint density at radius 1 is 1.57 bits per heavy atom. The van der Waals surface area contributed by atoms with E-state index >= 15 is 0 Å². The lowest BCUT2D eigenvalue weighted by atomic mass is 10.2. The van der Waals surface area contributed by atoms with Crippen molar-refractivity contribution in [1.82, 2.24) is 0 Å². The van der Waals surface area contributed by atoms with Gasteiger partial charge in [0.25, 0.3) is 0 Å². The van der Waals surface area contributed by atoms with Crippen molar-refractivity contribution in [3.63, 3.8) is 0 Å². The van der Waals surface area contributed by atoms with Crippen molar-refractivity contribution in [3.05, 3.63) is 29.0 Å². The van der Waals surface area contributed by atoms with Crippen LogP contribution in [0.25, 0.3) is 0 Å². The minimum atomic E-state index is -0.333. The van der Waals surface area contributed by atoms with Crippen LogP contribution < -0.4 is 5.32 Å². The molecule has 78 valence electrons. The molecule has 0 aliphatic carbocycles. The molecular formula is C10H13ClFNO. The maximum Gasteiger partial charge on any atom is 0.124 e. The van der Waals surface area contributed by atoms with Gasteiger partial charge in [-0.15, -0.1) is 0 Å². The molecule has 1 unspecified atom stereocenters. The molecule has 0 spiro atoms. The Morgan fingerprint density at radius 2 is 2.29 bits per heavy atom. The highest BCUT2D eigenvalue weighted by atomic mass is 35.5. The molecule has 4 heteroatoms. The number of hydrogen-bond acceptors (Lipinski definition) is 2. The Morgan fingerprint density at radius 3 is 2.86 bits per heavy atom. The largest absolute Gasteiger partial charge is 0.383 e. The van der Waals surface area contributed by atoms with Crippen LogP contribution in [0.5, 0.6) is 0 Å². The summed E-state index contributed by atoms with van der Waals surface area (Å²) in [5.74, 6) is -0.333. The molecule has 0 aromatic heterocycles. The molecule has 0 heterocycles. The van der Waals surface area contributed by atoms with E-state index in [1.54, 1.807) is 13.2 Å². The van der Waals surface area contributed by atoms with Crippen LogP contribution in [-0.2, 0) is 4.74 Å². The van der Waals surface area contributed by atoms with Crippen LogP contribution in [0.15, 0.2) is 18.2 Å². The first kappa shape index (κ1) is 11.3. The van der Waals surface area contributed by atoms with Crippen molar-refractivity contribution < 1.29 is 9.13 Å². The summed E-state index contributed by atoms with van der Waals surface area (Å²) < 4.78 is 17.7. The predicted molar refractivity (Wildman–Crippen MR) is 56.4 cm³/mol. The van der Waals surface area contributed by atoms with Gasteiger partial charge in [-0.05, 0) is 25.1 Å². The first-order valence-corrected chi connectivity index (χ1v) is 4.72. The standard InChI is InChI=1S/C10H13ClFNO/c1-7(6-14-2)13-10-4-3-8(12)5-9(10)11/h3-5,7,13H,6H2,1-2H3. The van der Waals surface area contributed by atoms with E-state index in [4.69, 9.17) is 16.3 Å². The summed E-state index contributed by atoms with van der Waals surface area (Å²) in [5.41, 5.74) is 0.720. The summed E-state index contributed by atoms with van der Waals surface area (Å²) in [7, 11) is 1.63. The second-order valence-electron chi connectivity index (χ2n) is 3.12. The van der Waals surface area contributed by atoms with E-state index in [-0.39, 0.29) is 11.9 Å². The predicted octanol–water partition coefficient (Wildman–Crippen LogP) is 2.93. The summed E-state index contributed by atoms with van der Waals surface area (Å²) in [6.07, 6.45) is 0. The van der Waals surface area contributed by atoms with E-state index in [0.717, 1.165) is 5.69 Å². The lowest BCUT2D eigenvalue weighted by molar-refractivity contribution is 0.190. The van der Waals surface area contributed by atoms with Crippen molar-refractivity contribution in [3.8, 4) is 0 Å². The van der Waals surface area contributed by atoms with Crippen molar-refractivity contribution in [1.29, 1.82) is 0 Å². The number of halogens is 2. The Kier molecular flexibility index (Phi) is 4.17. The molecule has 14 heavy (non-hydrogen) atoms. The van der Waals surface area contributed by atoms with Crippen LogP contribution in [0, 0.1) is 5.82 Å². The maximum atomic E-state index is 12.7. The van der Waals surface area contributed by atoms with Crippen LogP contribution in [0.2, 0.25) is 5.02 Å². The minimum Gasteiger partial charge on any atom is -0.383 e. The molecule has 0 fully saturated rings. The molecule has 1 rings (SSSR count). The van der Waals surface area contributed by atoms with Gasteiger partial charge in [0, 0.05) is 13.2 Å². The van der Waals surface area contributed by atoms with Gasteiger partial charge in [0.2, 0.25) is 0 Å². The van der Waals surface area contributed by atoms with Gasteiger partial charge in [0.1, 0.15) is 5.82 Å². The quantitative estimate of drug-likeness (QED) is 0.838. The number of nitrogens with one attached hydrogen (secondary N) is 1. The first-order chi connectivity index (χ1) is 6.63. The second-order valence-corrected chi connectivity index (χ2v) is 3.53. The Labute approximate surface area is 88.0 Å². The normalized spacial score (nSPS) is 12.6. The van der Waals surface area contributed by atoms with Gasteiger partial charge in [-0.1, -0.05) is 11.6 Å². The molecule has 0 aliphatic rings. The Balaban J connectivity index is 2.67. The molecule has 0 saturated carbocycles. The lowest BCUT2D eigenvalue weighted by Gasteiger charge is -2.15. The van der Waals surface area contributed by atoms with E-state index < -0.39 is 0 Å². The van der Waals surface area contributed by atoms with Crippen LogP contribution in [0.1, 0.15) is 6.92 Å². The molecule has 0 saturated heterocycles. The highest BCUT2D eigenvalue weighted by molar-refractivity contribution is 6.33. The third-order valence-corrected chi connectivity index (χ3v) is 2.06. The van der Waals surface area contributed by atoms with Gasteiger partial charge in [0.05, 0.1) is 17.3 Å². The fourth-order valence-corrected chi connectivity index (χ4v) is 1.39. The van der Waals surface area contributed by atoms with Gasteiger partial charge in [0.15, 0.2) is 0 Å². The smallest absolute Gasteiger partial charge is 0.124 e. The van der Waals surface area contributed by atoms with Gasteiger partial charge in [-0.25, -0.2) is 4.39 Å². The van der Waals surface area contributed by atoms with Gasteiger partial charge in [-0.2, -0.15) is 0 Å². The molecule has 1 N–H and O–H groups in total. The number of methoxy groups -OCH3 is 1. The zero-order valence-electron chi connectivity index (χ0n) is 8.18. The topological polar surface area (TPSA) is 21.3 Å². The van der Waals surface area contributed by atoms with E-state index in [0.29, 0.717) is 11.6 Å². The second kappa shape index (κ2) is 5.17. The molecule has 0 radical (unpaired) electrons. The fraction of sp³-hybridized carbons (Fsp3) is 0.400. The van der Waals surface area contributed by atoms with Crippen LogP contribution in [0.3, 0.4) is 0 Å². The van der Waals surface area contributed by atoms with Crippen molar-refractivity contribution >= 4 is 17.3 Å². The third-order valence-electron chi connectivity index (χ3n) is 1.75. The summed E-state index contributed by atoms with van der Waals surface area (Å²) in [4.78, 5) is 0. The van der Waals surface area contributed by atoms with Crippen molar-refractivity contribution in [2.75, 3.05) is 19.0 Å². The SMILES string of the molecule is COCC(C)Nc1ccc(F)cc1Cl. The molecule has 0 amide bonds. The number of ether oxygens (including phenoxy) is 1. The highest BCUT2D eigenvalue weighted by Crippen LogP contribution is 2.22. The molecule has 0 aliphatic heterocycles. The Hall–Kier alpha value is -0.800. The van der Waals surface area contributed by atoms with Gasteiger partial charge < -0.3 is 10.1 Å². The lowest BCUT2D eigenvalue weighted by Crippen LogP contribution is -2.20. The number of anilines is 1. The van der Waals surface area contributed by atoms with E-state index in [2.05, 4.69) is 5.32 Å². The van der Waals surface area contributed by atoms with Crippen LogP contribution in [-0.4, -0.2) is 19.8 Å². The molecular weight excluding hydrogens is 205 g/mol. The number of benzene rings is 1. The van der Waals surface area contributed by atoms with E-state index in [1.165, 1.54) is 12.1 Å². The molecule has 2 nitrogen and oxygen atoms in total. The minimum absolute atomic E-state index is 0.142. The Bertz CT molecular complexity index is 306. The fourth-order valence-electron chi connectivity index (χ4n) is 1.16. The molecule has 0 bridgehead atoms.